The molecule has 0 aliphatic rings. The Hall–Kier alpha value is -0.880. The summed E-state index contributed by atoms with van der Waals surface area (Å²) < 4.78 is 54.6. The number of halogens is 3. The van der Waals surface area contributed by atoms with E-state index >= 15 is 0 Å². The minimum Gasteiger partial charge on any atom is -0.756 e. The molecule has 0 aromatic heterocycles. The number of hydrogen-bond acceptors (Lipinski definition) is 4. The van der Waals surface area contributed by atoms with Gasteiger partial charge in [0.1, 0.15) is 0 Å². The summed E-state index contributed by atoms with van der Waals surface area (Å²) in [7, 11) is -5.39. The zero-order valence-corrected chi connectivity index (χ0v) is 18.4. The van der Waals surface area contributed by atoms with E-state index in [0.717, 1.165) is 18.4 Å². The van der Waals surface area contributed by atoms with E-state index in [1.54, 1.807) is 0 Å². The van der Waals surface area contributed by atoms with Crippen LogP contribution >= 0.6 is 7.82 Å². The van der Waals surface area contributed by atoms with Crippen molar-refractivity contribution in [1.82, 2.24) is 0 Å². The lowest BCUT2D eigenvalue weighted by Crippen LogP contribution is -2.22. The number of benzene rings is 1. The zero-order valence-electron chi connectivity index (χ0n) is 17.5. The third-order valence-corrected chi connectivity index (χ3v) is 6.37. The molecule has 0 bridgehead atoms. The van der Waals surface area contributed by atoms with Gasteiger partial charge in [0, 0.05) is 0 Å². The molecule has 0 radical (unpaired) electrons. The van der Waals surface area contributed by atoms with Gasteiger partial charge in [-0.3, -0.25) is 4.57 Å². The fourth-order valence-corrected chi connectivity index (χ4v) is 3.49. The summed E-state index contributed by atoms with van der Waals surface area (Å²) >= 11 is 0. The maximum atomic E-state index is 12.0. The molecule has 4 nitrogen and oxygen atoms in total. The Morgan fingerprint density at radius 3 is 2.11 bits per heavy atom. The molecule has 1 rings (SSSR count). The monoisotopic (exact) mass is 423 g/mol. The highest BCUT2D eigenvalue weighted by Crippen LogP contribution is 2.45. The van der Waals surface area contributed by atoms with Gasteiger partial charge in [0.05, 0.1) is 6.61 Å². The van der Waals surface area contributed by atoms with E-state index in [4.69, 9.17) is 0 Å². The number of aryl methyl sites for hydroxylation is 1. The smallest absolute Gasteiger partial charge is 0.528 e. The van der Waals surface area contributed by atoms with Crippen molar-refractivity contribution in [2.45, 2.75) is 84.4 Å². The zero-order chi connectivity index (χ0) is 21.8. The highest BCUT2D eigenvalue weighted by Gasteiger charge is 2.35. The fraction of sp³-hybridized carbons (Fsp3) is 0.700. The molecule has 0 heterocycles. The summed E-state index contributed by atoms with van der Waals surface area (Å²) in [5.74, 6) is 0. The van der Waals surface area contributed by atoms with Gasteiger partial charge in [-0.15, -0.1) is 13.2 Å². The lowest BCUT2D eigenvalue weighted by atomic mass is 9.74. The molecule has 0 N–H and O–H groups in total. The molecular weight excluding hydrogens is 392 g/mol. The predicted octanol–water partition coefficient (Wildman–Crippen LogP) is 6.02. The van der Waals surface area contributed by atoms with Gasteiger partial charge in [0.2, 0.25) is 0 Å². The molecule has 0 fully saturated rings. The van der Waals surface area contributed by atoms with Crippen LogP contribution in [0.2, 0.25) is 0 Å². The van der Waals surface area contributed by atoms with Crippen molar-refractivity contribution >= 4 is 7.82 Å². The number of phosphoric acid groups is 1. The number of alkyl halides is 3. The summed E-state index contributed by atoms with van der Waals surface area (Å²) in [5, 5.41) is 0. The van der Waals surface area contributed by atoms with Crippen LogP contribution in [0.3, 0.4) is 0 Å². The Bertz CT molecular complexity index is 699. The first-order chi connectivity index (χ1) is 12.6. The third kappa shape index (κ3) is 7.51. The van der Waals surface area contributed by atoms with Gasteiger partial charge in [-0.2, -0.15) is 0 Å². The average molecular weight is 423 g/mol. The van der Waals surface area contributed by atoms with Gasteiger partial charge >= 0.3 is 6.36 Å². The van der Waals surface area contributed by atoms with Crippen molar-refractivity contribution < 1.29 is 31.7 Å². The fourth-order valence-electron chi connectivity index (χ4n) is 2.83. The van der Waals surface area contributed by atoms with Crippen LogP contribution in [-0.2, 0) is 30.9 Å². The first-order valence-electron chi connectivity index (χ1n) is 9.50. The van der Waals surface area contributed by atoms with Crippen molar-refractivity contribution in [1.29, 1.82) is 0 Å². The van der Waals surface area contributed by atoms with Gasteiger partial charge < -0.3 is 9.42 Å². The molecule has 0 aliphatic heterocycles. The molecule has 1 aromatic carbocycles. The predicted molar refractivity (Wildman–Crippen MR) is 102 cm³/mol. The normalized spacial score (nSPS) is 15.5. The maximum absolute atomic E-state index is 12.0. The summed E-state index contributed by atoms with van der Waals surface area (Å²) in [5.41, 5.74) is 3.40. The first-order valence-corrected chi connectivity index (χ1v) is 11.0. The van der Waals surface area contributed by atoms with Gasteiger partial charge in [-0.25, -0.2) is 4.52 Å². The van der Waals surface area contributed by atoms with Crippen molar-refractivity contribution in [2.75, 3.05) is 6.61 Å². The van der Waals surface area contributed by atoms with Crippen LogP contribution in [0.4, 0.5) is 13.2 Å². The maximum Gasteiger partial charge on any atom is 0.528 e. The molecule has 0 spiro atoms. The average Bonchev–Trinajstić information content (AvgIpc) is 2.56. The molecule has 0 saturated heterocycles. The Kier molecular flexibility index (Phi) is 8.35. The van der Waals surface area contributed by atoms with Crippen LogP contribution in [0.1, 0.15) is 77.5 Å². The van der Waals surface area contributed by atoms with Crippen LogP contribution < -0.4 is 4.89 Å². The lowest BCUT2D eigenvalue weighted by Gasteiger charge is -2.31. The van der Waals surface area contributed by atoms with Gasteiger partial charge in [0.25, 0.3) is 7.82 Å². The molecule has 0 aliphatic carbocycles. The molecular formula is C20H31F3O4P-. The van der Waals surface area contributed by atoms with Gasteiger partial charge in [-0.1, -0.05) is 59.7 Å². The van der Waals surface area contributed by atoms with E-state index in [2.05, 4.69) is 62.7 Å². The van der Waals surface area contributed by atoms with Crippen molar-refractivity contribution in [2.24, 2.45) is 0 Å². The van der Waals surface area contributed by atoms with Crippen LogP contribution in [-0.4, -0.2) is 13.0 Å². The Labute approximate surface area is 166 Å². The molecule has 1 unspecified atom stereocenters. The van der Waals surface area contributed by atoms with Crippen molar-refractivity contribution in [3.8, 4) is 0 Å². The van der Waals surface area contributed by atoms with E-state index in [1.807, 2.05) is 6.07 Å². The van der Waals surface area contributed by atoms with Crippen LogP contribution in [0.5, 0.6) is 0 Å². The van der Waals surface area contributed by atoms with E-state index in [9.17, 15) is 22.6 Å². The first kappa shape index (κ1) is 25.2. The van der Waals surface area contributed by atoms with E-state index in [-0.39, 0.29) is 23.9 Å². The van der Waals surface area contributed by atoms with Gasteiger partial charge in [-0.05, 0) is 53.2 Å². The van der Waals surface area contributed by atoms with Crippen LogP contribution in [0, 0.1) is 0 Å². The molecule has 1 atom stereocenters. The highest BCUT2D eigenvalue weighted by atomic mass is 31.2. The second kappa shape index (κ2) is 9.29. The summed E-state index contributed by atoms with van der Waals surface area (Å²) in [4.78, 5) is 11.2. The summed E-state index contributed by atoms with van der Waals surface area (Å²) in [6, 6.07) is 6.30. The Morgan fingerprint density at radius 2 is 1.61 bits per heavy atom. The molecule has 162 valence electrons. The number of hydrogen-bond donors (Lipinski definition) is 0. The van der Waals surface area contributed by atoms with Crippen LogP contribution in [0.15, 0.2) is 18.2 Å². The Balaban J connectivity index is 2.92. The summed E-state index contributed by atoms with van der Waals surface area (Å²) in [6.45, 7) is 12.5. The minimum absolute atomic E-state index is 0.0321. The third-order valence-electron chi connectivity index (χ3n) is 5.44. The number of rotatable bonds is 10. The van der Waals surface area contributed by atoms with Crippen LogP contribution in [0.25, 0.3) is 0 Å². The van der Waals surface area contributed by atoms with E-state index in [1.165, 1.54) is 11.1 Å². The standard InChI is InChI=1S/C20H32F3O4P/c1-7-18(3,4)16-12-11-15(17(14-16)19(5,6)8-2)10-9-13-26-28(24,25)27-20(21,22)23/h11-12,14H,7-10,13H2,1-6H3,(H,24,25)/p-1. The Morgan fingerprint density at radius 1 is 1.04 bits per heavy atom. The minimum atomic E-state index is -5.39. The highest BCUT2D eigenvalue weighted by molar-refractivity contribution is 7.45. The molecule has 28 heavy (non-hydrogen) atoms. The molecule has 0 saturated carbocycles. The van der Waals surface area contributed by atoms with E-state index < -0.39 is 14.2 Å². The topological polar surface area (TPSA) is 58.6 Å². The molecule has 0 amide bonds. The van der Waals surface area contributed by atoms with E-state index in [0.29, 0.717) is 6.42 Å². The van der Waals surface area contributed by atoms with Crippen molar-refractivity contribution in [3.63, 3.8) is 0 Å². The largest absolute Gasteiger partial charge is 0.756 e. The molecule has 1 aromatic rings. The summed E-state index contributed by atoms with van der Waals surface area (Å²) in [6.07, 6.45) is -2.61. The SMILES string of the molecule is CCC(C)(C)c1ccc(CCCOP(=O)([O-])OC(F)(F)F)c(C(C)(C)CC)c1. The lowest BCUT2D eigenvalue weighted by molar-refractivity contribution is -0.322. The molecule has 8 heteroatoms. The number of phosphoric ester groups is 1. The van der Waals surface area contributed by atoms with Gasteiger partial charge in [0.15, 0.2) is 0 Å². The second-order valence-corrected chi connectivity index (χ2v) is 9.60. The van der Waals surface area contributed by atoms with Crippen molar-refractivity contribution in [3.05, 3.63) is 34.9 Å². The quantitative estimate of drug-likeness (QED) is 0.341. The second-order valence-electron chi connectivity index (χ2n) is 8.27.